The van der Waals surface area contributed by atoms with E-state index < -0.39 is 6.10 Å². The molecule has 9 heavy (non-hydrogen) atoms. The van der Waals surface area contributed by atoms with Gasteiger partial charge in [-0.15, -0.1) is 0 Å². The molecule has 1 aromatic heterocycles. The molecule has 0 radical (unpaired) electrons. The van der Waals surface area contributed by atoms with E-state index in [9.17, 15) is 0 Å². The minimum absolute atomic E-state index is 0.340. The van der Waals surface area contributed by atoms with Crippen LogP contribution >= 0.6 is 0 Å². The summed E-state index contributed by atoms with van der Waals surface area (Å²) < 4.78 is 4.60. The fourth-order valence-electron chi connectivity index (χ4n) is 0.485. The quantitative estimate of drug-likeness (QED) is 0.595. The number of hydrogen-bond acceptors (Lipinski definition) is 4. The van der Waals surface area contributed by atoms with Crippen molar-refractivity contribution in [3.63, 3.8) is 0 Å². The maximum absolute atomic E-state index is 8.85. The molecule has 0 bridgehead atoms. The molecular weight excluding hydrogens is 120 g/mol. The van der Waals surface area contributed by atoms with Crippen LogP contribution in [0.1, 0.15) is 24.7 Å². The Labute approximate surface area is 52.5 Å². The van der Waals surface area contributed by atoms with E-state index in [1.807, 2.05) is 0 Å². The molecule has 0 aromatic carbocycles. The van der Waals surface area contributed by atoms with Crippen LogP contribution in [0.2, 0.25) is 0 Å². The van der Waals surface area contributed by atoms with Gasteiger partial charge in [0.25, 0.3) is 0 Å². The summed E-state index contributed by atoms with van der Waals surface area (Å²) in [5.74, 6) is 0.818. The second kappa shape index (κ2) is 2.14. The van der Waals surface area contributed by atoms with Crippen molar-refractivity contribution in [1.82, 2.24) is 10.1 Å². The SMILES string of the molecule is Cc1nc(C(C)O)no1. The van der Waals surface area contributed by atoms with Gasteiger partial charge in [-0.1, -0.05) is 5.16 Å². The topological polar surface area (TPSA) is 59.2 Å². The van der Waals surface area contributed by atoms with E-state index in [0.717, 1.165) is 0 Å². The van der Waals surface area contributed by atoms with Crippen molar-refractivity contribution in [3.05, 3.63) is 11.7 Å². The first-order valence-electron chi connectivity index (χ1n) is 2.68. The molecule has 0 fully saturated rings. The van der Waals surface area contributed by atoms with Gasteiger partial charge >= 0.3 is 0 Å². The Morgan fingerprint density at radius 2 is 2.33 bits per heavy atom. The lowest BCUT2D eigenvalue weighted by Gasteiger charge is -1.90. The third-order valence-electron chi connectivity index (χ3n) is 0.917. The summed E-state index contributed by atoms with van der Waals surface area (Å²) in [5.41, 5.74) is 0. The Kier molecular flexibility index (Phi) is 1.48. The Balaban J connectivity index is 2.85. The van der Waals surface area contributed by atoms with E-state index in [1.165, 1.54) is 0 Å². The van der Waals surface area contributed by atoms with Gasteiger partial charge in [0.2, 0.25) is 5.89 Å². The van der Waals surface area contributed by atoms with Crippen LogP contribution in [0.5, 0.6) is 0 Å². The summed E-state index contributed by atoms with van der Waals surface area (Å²) in [6.07, 6.45) is -0.637. The second-order valence-electron chi connectivity index (χ2n) is 1.85. The van der Waals surface area contributed by atoms with Crippen molar-refractivity contribution in [2.24, 2.45) is 0 Å². The monoisotopic (exact) mass is 128 g/mol. The number of hydrogen-bond donors (Lipinski definition) is 1. The fourth-order valence-corrected chi connectivity index (χ4v) is 0.485. The zero-order valence-electron chi connectivity index (χ0n) is 5.33. The highest BCUT2D eigenvalue weighted by molar-refractivity contribution is 4.86. The van der Waals surface area contributed by atoms with Gasteiger partial charge in [-0.2, -0.15) is 4.98 Å². The third kappa shape index (κ3) is 1.26. The van der Waals surface area contributed by atoms with E-state index in [-0.39, 0.29) is 0 Å². The zero-order chi connectivity index (χ0) is 6.85. The summed E-state index contributed by atoms with van der Waals surface area (Å²) in [6, 6.07) is 0. The van der Waals surface area contributed by atoms with E-state index in [1.54, 1.807) is 13.8 Å². The first-order chi connectivity index (χ1) is 4.20. The van der Waals surface area contributed by atoms with E-state index in [4.69, 9.17) is 5.11 Å². The number of aliphatic hydroxyl groups excluding tert-OH is 1. The van der Waals surface area contributed by atoms with Crippen LogP contribution < -0.4 is 0 Å². The van der Waals surface area contributed by atoms with Crippen LogP contribution in [0.4, 0.5) is 0 Å². The molecule has 0 spiro atoms. The molecule has 1 unspecified atom stereocenters. The van der Waals surface area contributed by atoms with E-state index in [0.29, 0.717) is 11.7 Å². The second-order valence-corrected chi connectivity index (χ2v) is 1.85. The highest BCUT2D eigenvalue weighted by Crippen LogP contribution is 2.05. The van der Waals surface area contributed by atoms with Gasteiger partial charge in [-0.05, 0) is 6.92 Å². The maximum Gasteiger partial charge on any atom is 0.223 e. The molecule has 0 aliphatic rings. The van der Waals surface area contributed by atoms with Crippen LogP contribution in [-0.2, 0) is 0 Å². The molecule has 0 aliphatic heterocycles. The van der Waals surface area contributed by atoms with Crippen molar-refractivity contribution in [2.45, 2.75) is 20.0 Å². The van der Waals surface area contributed by atoms with Crippen LogP contribution in [0, 0.1) is 6.92 Å². The molecule has 0 saturated carbocycles. The lowest BCUT2D eigenvalue weighted by Crippen LogP contribution is -1.92. The number of aromatic nitrogens is 2. The van der Waals surface area contributed by atoms with Gasteiger partial charge in [-0.25, -0.2) is 0 Å². The summed E-state index contributed by atoms with van der Waals surface area (Å²) in [6.45, 7) is 3.27. The molecule has 1 rings (SSSR count). The van der Waals surface area contributed by atoms with Gasteiger partial charge in [0.15, 0.2) is 5.82 Å². The lowest BCUT2D eigenvalue weighted by atomic mass is 10.4. The highest BCUT2D eigenvalue weighted by atomic mass is 16.5. The maximum atomic E-state index is 8.85. The van der Waals surface area contributed by atoms with Crippen molar-refractivity contribution < 1.29 is 9.63 Å². The number of nitrogens with zero attached hydrogens (tertiary/aromatic N) is 2. The molecule has 50 valence electrons. The molecule has 4 nitrogen and oxygen atoms in total. The number of rotatable bonds is 1. The Bertz CT molecular complexity index is 195. The molecule has 1 N–H and O–H groups in total. The molecule has 1 aromatic rings. The minimum Gasteiger partial charge on any atom is -0.385 e. The van der Waals surface area contributed by atoms with E-state index >= 15 is 0 Å². The van der Waals surface area contributed by atoms with Crippen molar-refractivity contribution >= 4 is 0 Å². The highest BCUT2D eigenvalue weighted by Gasteiger charge is 2.06. The standard InChI is InChI=1S/C5H8N2O2/c1-3(8)5-6-4(2)9-7-5/h3,8H,1-2H3. The first-order valence-corrected chi connectivity index (χ1v) is 2.68. The smallest absolute Gasteiger partial charge is 0.223 e. The minimum atomic E-state index is -0.637. The van der Waals surface area contributed by atoms with Gasteiger partial charge < -0.3 is 9.63 Å². The Morgan fingerprint density at radius 1 is 1.67 bits per heavy atom. The van der Waals surface area contributed by atoms with Gasteiger partial charge in [0, 0.05) is 6.92 Å². The molecular formula is C5H8N2O2. The Hall–Kier alpha value is -0.900. The van der Waals surface area contributed by atoms with Crippen LogP contribution in [0.25, 0.3) is 0 Å². The molecule has 0 aliphatic carbocycles. The van der Waals surface area contributed by atoms with Crippen molar-refractivity contribution in [3.8, 4) is 0 Å². The summed E-state index contributed by atoms with van der Waals surface area (Å²) in [7, 11) is 0. The Morgan fingerprint density at radius 3 is 2.56 bits per heavy atom. The fraction of sp³-hybridized carbons (Fsp3) is 0.600. The van der Waals surface area contributed by atoms with Gasteiger partial charge in [0.05, 0.1) is 0 Å². The predicted molar refractivity (Wildman–Crippen MR) is 29.7 cm³/mol. The average molecular weight is 128 g/mol. The van der Waals surface area contributed by atoms with Crippen molar-refractivity contribution in [1.29, 1.82) is 0 Å². The van der Waals surface area contributed by atoms with Crippen LogP contribution in [0.3, 0.4) is 0 Å². The number of aryl methyl sites for hydroxylation is 1. The van der Waals surface area contributed by atoms with Gasteiger partial charge in [-0.3, -0.25) is 0 Å². The third-order valence-corrected chi connectivity index (χ3v) is 0.917. The van der Waals surface area contributed by atoms with Crippen LogP contribution in [-0.4, -0.2) is 15.2 Å². The summed E-state index contributed by atoms with van der Waals surface area (Å²) in [5, 5.41) is 12.3. The zero-order valence-corrected chi connectivity index (χ0v) is 5.33. The largest absolute Gasteiger partial charge is 0.385 e. The lowest BCUT2D eigenvalue weighted by molar-refractivity contribution is 0.184. The van der Waals surface area contributed by atoms with Crippen LogP contribution in [0.15, 0.2) is 4.52 Å². The molecule has 1 heterocycles. The van der Waals surface area contributed by atoms with Gasteiger partial charge in [0.1, 0.15) is 6.10 Å². The molecule has 0 saturated heterocycles. The molecule has 1 atom stereocenters. The van der Waals surface area contributed by atoms with Crippen molar-refractivity contribution in [2.75, 3.05) is 0 Å². The number of aliphatic hydroxyl groups is 1. The molecule has 4 heteroatoms. The summed E-state index contributed by atoms with van der Waals surface area (Å²) in [4.78, 5) is 3.78. The predicted octanol–water partition coefficient (Wildman–Crippen LogP) is 0.431. The van der Waals surface area contributed by atoms with E-state index in [2.05, 4.69) is 14.7 Å². The first kappa shape index (κ1) is 6.22. The average Bonchev–Trinajstić information content (AvgIpc) is 2.14. The summed E-state index contributed by atoms with van der Waals surface area (Å²) >= 11 is 0. The molecule has 0 amide bonds. The normalized spacial score (nSPS) is 13.7.